The molecular formula is C13H15BrFNO2. The number of amides is 1. The number of aliphatic hydroxyl groups is 1. The monoisotopic (exact) mass is 315 g/mol. The number of hydrogen-bond donors (Lipinski definition) is 1. The molecule has 5 heteroatoms. The quantitative estimate of drug-likeness (QED) is 0.866. The lowest BCUT2D eigenvalue weighted by atomic mass is 10.0. The van der Waals surface area contributed by atoms with Gasteiger partial charge in [-0.25, -0.2) is 4.39 Å². The minimum atomic E-state index is -0.299. The van der Waals surface area contributed by atoms with E-state index in [-0.39, 0.29) is 29.2 Å². The van der Waals surface area contributed by atoms with E-state index in [1.165, 1.54) is 12.1 Å². The van der Waals surface area contributed by atoms with E-state index in [0.717, 1.165) is 5.56 Å². The van der Waals surface area contributed by atoms with Gasteiger partial charge < -0.3 is 10.0 Å². The molecule has 1 amide bonds. The van der Waals surface area contributed by atoms with Gasteiger partial charge in [-0.1, -0.05) is 28.1 Å². The van der Waals surface area contributed by atoms with Crippen molar-refractivity contribution in [1.82, 2.24) is 4.90 Å². The number of likely N-dealkylation sites (tertiary alicyclic amines) is 1. The minimum Gasteiger partial charge on any atom is -0.396 e. The number of carbonyl (C=O) groups excluding carboxylic acids is 1. The Hall–Kier alpha value is -0.940. The van der Waals surface area contributed by atoms with Gasteiger partial charge in [-0.2, -0.15) is 0 Å². The van der Waals surface area contributed by atoms with Crippen LogP contribution in [0.5, 0.6) is 0 Å². The van der Waals surface area contributed by atoms with Crippen molar-refractivity contribution in [2.75, 3.05) is 13.2 Å². The van der Waals surface area contributed by atoms with Gasteiger partial charge in [-0.3, -0.25) is 4.79 Å². The lowest BCUT2D eigenvalue weighted by molar-refractivity contribution is -0.130. The van der Waals surface area contributed by atoms with Crippen LogP contribution in [0, 0.1) is 5.82 Å². The molecule has 1 aliphatic rings. The van der Waals surface area contributed by atoms with Gasteiger partial charge in [0.15, 0.2) is 0 Å². The summed E-state index contributed by atoms with van der Waals surface area (Å²) in [5.74, 6) is -0.229. The lowest BCUT2D eigenvalue weighted by Gasteiger charge is -2.28. The maximum Gasteiger partial charge on any atom is 0.224 e. The number of hydrogen-bond acceptors (Lipinski definition) is 2. The van der Waals surface area contributed by atoms with E-state index < -0.39 is 0 Å². The van der Waals surface area contributed by atoms with Crippen molar-refractivity contribution in [3.8, 4) is 0 Å². The Morgan fingerprint density at radius 1 is 1.44 bits per heavy atom. The largest absolute Gasteiger partial charge is 0.396 e. The second-order valence-electron chi connectivity index (χ2n) is 4.43. The van der Waals surface area contributed by atoms with Gasteiger partial charge in [0.05, 0.1) is 6.04 Å². The van der Waals surface area contributed by atoms with Crippen molar-refractivity contribution in [3.05, 3.63) is 35.6 Å². The number of rotatable bonds is 4. The summed E-state index contributed by atoms with van der Waals surface area (Å²) < 4.78 is 12.9. The van der Waals surface area contributed by atoms with Crippen LogP contribution in [0.2, 0.25) is 0 Å². The summed E-state index contributed by atoms with van der Waals surface area (Å²) in [6.45, 7) is 0.625. The van der Waals surface area contributed by atoms with Crippen LogP contribution in [-0.2, 0) is 4.79 Å². The standard InChI is InChI=1S/C13H15BrFNO2/c14-10-7-13(18)16(8-10)12(5-6-17)9-1-3-11(15)4-2-9/h1-4,10,12,17H,5-8H2. The fraction of sp³-hybridized carbons (Fsp3) is 0.462. The molecule has 0 bridgehead atoms. The summed E-state index contributed by atoms with van der Waals surface area (Å²) in [5, 5.41) is 9.14. The third kappa shape index (κ3) is 2.90. The van der Waals surface area contributed by atoms with Gasteiger partial charge in [0.1, 0.15) is 5.82 Å². The van der Waals surface area contributed by atoms with Crippen molar-refractivity contribution in [2.24, 2.45) is 0 Å². The Labute approximate surface area is 114 Å². The zero-order valence-corrected chi connectivity index (χ0v) is 11.4. The van der Waals surface area contributed by atoms with Crippen molar-refractivity contribution in [3.63, 3.8) is 0 Å². The van der Waals surface area contributed by atoms with Gasteiger partial charge in [0.25, 0.3) is 0 Å². The number of benzene rings is 1. The smallest absolute Gasteiger partial charge is 0.224 e. The molecule has 3 nitrogen and oxygen atoms in total. The molecular weight excluding hydrogens is 301 g/mol. The molecule has 98 valence electrons. The Morgan fingerprint density at radius 3 is 2.61 bits per heavy atom. The molecule has 2 unspecified atom stereocenters. The predicted molar refractivity (Wildman–Crippen MR) is 69.9 cm³/mol. The third-order valence-electron chi connectivity index (χ3n) is 3.14. The normalized spacial score (nSPS) is 21.4. The van der Waals surface area contributed by atoms with E-state index in [2.05, 4.69) is 15.9 Å². The first kappa shape index (κ1) is 13.5. The van der Waals surface area contributed by atoms with E-state index >= 15 is 0 Å². The van der Waals surface area contributed by atoms with Crippen LogP contribution in [-0.4, -0.2) is 33.9 Å². The number of halogens is 2. The fourth-order valence-electron chi connectivity index (χ4n) is 2.30. The molecule has 1 saturated heterocycles. The topological polar surface area (TPSA) is 40.5 Å². The second kappa shape index (κ2) is 5.80. The molecule has 1 aromatic rings. The molecule has 1 aromatic carbocycles. The van der Waals surface area contributed by atoms with Crippen LogP contribution in [0.3, 0.4) is 0 Å². The van der Waals surface area contributed by atoms with Gasteiger partial charge >= 0.3 is 0 Å². The van der Waals surface area contributed by atoms with Gasteiger partial charge in [0.2, 0.25) is 5.91 Å². The van der Waals surface area contributed by atoms with Crippen LogP contribution < -0.4 is 0 Å². The first-order valence-electron chi connectivity index (χ1n) is 5.91. The summed E-state index contributed by atoms with van der Waals surface area (Å²) in [7, 11) is 0. The lowest BCUT2D eigenvalue weighted by Crippen LogP contribution is -2.31. The van der Waals surface area contributed by atoms with E-state index in [0.29, 0.717) is 19.4 Å². The van der Waals surface area contributed by atoms with E-state index in [1.807, 2.05) is 0 Å². The van der Waals surface area contributed by atoms with Crippen LogP contribution >= 0.6 is 15.9 Å². The summed E-state index contributed by atoms with van der Waals surface area (Å²) in [4.78, 5) is 13.8. The molecule has 0 radical (unpaired) electrons. The van der Waals surface area contributed by atoms with Crippen molar-refractivity contribution >= 4 is 21.8 Å². The first-order valence-corrected chi connectivity index (χ1v) is 6.83. The van der Waals surface area contributed by atoms with E-state index in [4.69, 9.17) is 5.11 Å². The SMILES string of the molecule is O=C1CC(Br)CN1C(CCO)c1ccc(F)cc1. The molecule has 0 saturated carbocycles. The summed E-state index contributed by atoms with van der Waals surface area (Å²) in [6, 6.07) is 5.93. The second-order valence-corrected chi connectivity index (χ2v) is 5.72. The number of aliphatic hydroxyl groups excluding tert-OH is 1. The molecule has 2 rings (SSSR count). The Morgan fingerprint density at radius 2 is 2.11 bits per heavy atom. The Bertz CT molecular complexity index is 424. The molecule has 0 aromatic heterocycles. The molecule has 1 aliphatic heterocycles. The number of alkyl halides is 1. The highest BCUT2D eigenvalue weighted by Gasteiger charge is 2.33. The van der Waals surface area contributed by atoms with Crippen LogP contribution in [0.25, 0.3) is 0 Å². The summed E-state index contributed by atoms with van der Waals surface area (Å²) in [5.41, 5.74) is 0.861. The number of carbonyl (C=O) groups is 1. The molecule has 1 fully saturated rings. The average molecular weight is 316 g/mol. The Kier molecular flexibility index (Phi) is 4.35. The molecule has 2 atom stereocenters. The van der Waals surface area contributed by atoms with Crippen LogP contribution in [0.15, 0.2) is 24.3 Å². The summed E-state index contributed by atoms with van der Waals surface area (Å²) in [6.07, 6.45) is 0.945. The molecule has 0 aliphatic carbocycles. The zero-order valence-electron chi connectivity index (χ0n) is 9.85. The maximum atomic E-state index is 12.9. The highest BCUT2D eigenvalue weighted by molar-refractivity contribution is 9.09. The van der Waals surface area contributed by atoms with Crippen LogP contribution in [0.4, 0.5) is 4.39 Å². The molecule has 1 heterocycles. The summed E-state index contributed by atoms with van der Waals surface area (Å²) >= 11 is 3.44. The van der Waals surface area contributed by atoms with Gasteiger partial charge in [-0.05, 0) is 24.1 Å². The molecule has 1 N–H and O–H groups in total. The predicted octanol–water partition coefficient (Wildman–Crippen LogP) is 2.25. The van der Waals surface area contributed by atoms with Crippen molar-refractivity contribution in [1.29, 1.82) is 0 Å². The van der Waals surface area contributed by atoms with E-state index in [1.54, 1.807) is 17.0 Å². The van der Waals surface area contributed by atoms with E-state index in [9.17, 15) is 9.18 Å². The average Bonchev–Trinajstić information content (AvgIpc) is 2.67. The zero-order chi connectivity index (χ0) is 13.1. The van der Waals surface area contributed by atoms with Gasteiger partial charge in [0, 0.05) is 24.4 Å². The van der Waals surface area contributed by atoms with Crippen molar-refractivity contribution in [2.45, 2.75) is 23.7 Å². The minimum absolute atomic E-state index is 0.00121. The number of nitrogens with zero attached hydrogens (tertiary/aromatic N) is 1. The fourth-order valence-corrected chi connectivity index (χ4v) is 2.89. The Balaban J connectivity index is 2.22. The molecule has 18 heavy (non-hydrogen) atoms. The first-order chi connectivity index (χ1) is 8.61. The third-order valence-corrected chi connectivity index (χ3v) is 3.76. The highest BCUT2D eigenvalue weighted by Crippen LogP contribution is 2.31. The van der Waals surface area contributed by atoms with Crippen LogP contribution in [0.1, 0.15) is 24.4 Å². The highest BCUT2D eigenvalue weighted by atomic mass is 79.9. The van der Waals surface area contributed by atoms with Crippen molar-refractivity contribution < 1.29 is 14.3 Å². The van der Waals surface area contributed by atoms with Gasteiger partial charge in [-0.15, -0.1) is 0 Å². The molecule has 0 spiro atoms. The maximum absolute atomic E-state index is 12.9.